The van der Waals surface area contributed by atoms with E-state index < -0.39 is 56.2 Å². The molecule has 1 saturated heterocycles. The molecule has 2 N–H and O–H groups in total. The zero-order valence-electron chi connectivity index (χ0n) is 32.4. The van der Waals surface area contributed by atoms with Crippen molar-refractivity contribution in [2.45, 2.75) is 114 Å². The summed E-state index contributed by atoms with van der Waals surface area (Å²) in [6.07, 6.45) is 7.53. The molecule has 2 aromatic rings. The van der Waals surface area contributed by atoms with E-state index in [1.54, 1.807) is 40.3 Å². The number of fused-ring (bicyclic) bond motifs is 3. The molecule has 4 aliphatic rings. The fourth-order valence-corrected chi connectivity index (χ4v) is 9.42. The molecule has 2 saturated carbocycles. The maximum absolute atomic E-state index is 14.6. The minimum atomic E-state index is -3.95. The molecular weight excluding hydrogens is 794 g/mol. The average Bonchev–Trinajstić information content (AvgIpc) is 4.00. The van der Waals surface area contributed by atoms with Crippen LogP contribution in [0.4, 0.5) is 4.79 Å². The number of rotatable bonds is 9. The van der Waals surface area contributed by atoms with Crippen LogP contribution in [0.2, 0.25) is 0 Å². The molecule has 55 heavy (non-hydrogen) atoms. The van der Waals surface area contributed by atoms with Gasteiger partial charge in [-0.1, -0.05) is 25.0 Å². The van der Waals surface area contributed by atoms with Crippen molar-refractivity contribution in [1.29, 1.82) is 0 Å². The van der Waals surface area contributed by atoms with Gasteiger partial charge in [0, 0.05) is 38.4 Å². The van der Waals surface area contributed by atoms with Crippen molar-refractivity contribution in [3.05, 3.63) is 34.8 Å². The molecular formula is C39H52BrN5O9S. The Morgan fingerprint density at radius 1 is 1.11 bits per heavy atom. The lowest BCUT2D eigenvalue weighted by molar-refractivity contribution is -0.140. The van der Waals surface area contributed by atoms with Crippen molar-refractivity contribution >= 4 is 60.5 Å². The smallest absolute Gasteiger partial charge is 0.317 e. The van der Waals surface area contributed by atoms with Crippen molar-refractivity contribution in [1.82, 2.24) is 24.8 Å². The van der Waals surface area contributed by atoms with Gasteiger partial charge in [0.2, 0.25) is 27.7 Å². The van der Waals surface area contributed by atoms with E-state index in [1.807, 2.05) is 32.1 Å². The van der Waals surface area contributed by atoms with E-state index in [2.05, 4.69) is 26.0 Å². The Morgan fingerprint density at radius 3 is 2.53 bits per heavy atom. The van der Waals surface area contributed by atoms with Crippen LogP contribution >= 0.6 is 15.9 Å². The molecule has 2 aliphatic heterocycles. The number of ketones is 1. The summed E-state index contributed by atoms with van der Waals surface area (Å²) in [5.41, 5.74) is -0.733. The fraction of sp³-hybridized carbons (Fsp3) is 0.615. The van der Waals surface area contributed by atoms with Crippen molar-refractivity contribution in [2.75, 3.05) is 27.7 Å². The molecule has 3 fully saturated rings. The molecule has 16 heteroatoms. The molecule has 5 atom stereocenters. The third-order valence-electron chi connectivity index (χ3n) is 11.2. The number of pyridine rings is 1. The summed E-state index contributed by atoms with van der Waals surface area (Å²) < 4.78 is 46.4. The van der Waals surface area contributed by atoms with Gasteiger partial charge in [-0.2, -0.15) is 0 Å². The van der Waals surface area contributed by atoms with Crippen molar-refractivity contribution < 1.29 is 41.8 Å². The number of amides is 4. The molecule has 6 rings (SSSR count). The first-order valence-corrected chi connectivity index (χ1v) is 21.3. The molecule has 2 aliphatic carbocycles. The summed E-state index contributed by atoms with van der Waals surface area (Å²) >= 11 is 3.60. The van der Waals surface area contributed by atoms with Crippen LogP contribution in [0.15, 0.2) is 34.8 Å². The van der Waals surface area contributed by atoms with Crippen molar-refractivity contribution in [2.24, 2.45) is 11.3 Å². The van der Waals surface area contributed by atoms with Gasteiger partial charge in [-0.05, 0) is 93.3 Å². The Kier molecular flexibility index (Phi) is 11.8. The number of Topliss-reactive ketones (excluding diaryl/α,β-unsaturated/α-hetero) is 1. The van der Waals surface area contributed by atoms with Gasteiger partial charge in [0.25, 0.3) is 0 Å². The lowest BCUT2D eigenvalue weighted by Crippen LogP contribution is -2.54. The van der Waals surface area contributed by atoms with Gasteiger partial charge < -0.3 is 29.3 Å². The number of carbonyl (C=O) groups excluding carboxylic acids is 4. The molecule has 0 bridgehead atoms. The number of urea groups is 1. The zero-order chi connectivity index (χ0) is 39.9. The number of carbonyl (C=O) groups is 4. The average molecular weight is 847 g/mol. The van der Waals surface area contributed by atoms with Gasteiger partial charge >= 0.3 is 6.03 Å². The second kappa shape index (κ2) is 15.9. The Labute approximate surface area is 331 Å². The number of methoxy groups -OCH3 is 1. The van der Waals surface area contributed by atoms with Crippen molar-refractivity contribution in [3.8, 4) is 17.4 Å². The number of aromatic nitrogens is 1. The van der Waals surface area contributed by atoms with E-state index in [1.165, 1.54) is 9.80 Å². The first-order valence-electron chi connectivity index (χ1n) is 19.0. The molecule has 0 unspecified atom stereocenters. The van der Waals surface area contributed by atoms with Gasteiger partial charge in [-0.25, -0.2) is 18.2 Å². The van der Waals surface area contributed by atoms with E-state index in [9.17, 15) is 27.6 Å². The third-order valence-corrected chi connectivity index (χ3v) is 14.2. The maximum atomic E-state index is 14.6. The summed E-state index contributed by atoms with van der Waals surface area (Å²) in [4.78, 5) is 63.5. The Hall–Kier alpha value is -3.92. The van der Waals surface area contributed by atoms with Crippen LogP contribution in [0, 0.1) is 11.3 Å². The predicted molar refractivity (Wildman–Crippen MR) is 209 cm³/mol. The largest absolute Gasteiger partial charge is 0.495 e. The lowest BCUT2D eigenvalue weighted by atomic mass is 9.91. The predicted octanol–water partition coefficient (Wildman–Crippen LogP) is 5.27. The van der Waals surface area contributed by atoms with E-state index in [4.69, 9.17) is 19.2 Å². The van der Waals surface area contributed by atoms with Crippen LogP contribution in [0.1, 0.15) is 85.0 Å². The first-order chi connectivity index (χ1) is 26.0. The third kappa shape index (κ3) is 8.59. The summed E-state index contributed by atoms with van der Waals surface area (Å²) in [5, 5.41) is 3.51. The zero-order valence-corrected chi connectivity index (χ0v) is 34.8. The molecule has 1 aromatic heterocycles. The van der Waals surface area contributed by atoms with E-state index >= 15 is 0 Å². The summed E-state index contributed by atoms with van der Waals surface area (Å²) in [5.74, 6) is -0.500. The lowest BCUT2D eigenvalue weighted by Gasteiger charge is -2.30. The fourth-order valence-electron chi connectivity index (χ4n) is 7.49. The Bertz CT molecular complexity index is 1980. The van der Waals surface area contributed by atoms with Crippen LogP contribution in [0.25, 0.3) is 10.9 Å². The molecule has 0 spiro atoms. The monoisotopic (exact) mass is 845 g/mol. The number of halogens is 1. The van der Waals surface area contributed by atoms with E-state index in [0.29, 0.717) is 64.9 Å². The summed E-state index contributed by atoms with van der Waals surface area (Å²) in [7, 11) is 0.788. The van der Waals surface area contributed by atoms with Crippen LogP contribution in [-0.2, 0) is 24.4 Å². The topological polar surface area (TPSA) is 174 Å². The number of nitrogens with one attached hydrogen (secondary N) is 2. The van der Waals surface area contributed by atoms with Gasteiger partial charge in [-0.15, -0.1) is 0 Å². The van der Waals surface area contributed by atoms with Crippen LogP contribution in [0.5, 0.6) is 17.4 Å². The van der Waals surface area contributed by atoms with Crippen LogP contribution in [-0.4, -0.2) is 104 Å². The van der Waals surface area contributed by atoms with Gasteiger partial charge in [0.15, 0.2) is 5.78 Å². The number of allylic oxidation sites excluding steroid dienone is 2. The van der Waals surface area contributed by atoms with E-state index in [-0.39, 0.29) is 37.2 Å². The SMILES string of the molecule is COc1ccc2c(O[C@@H]3C[C@H]4C(=O)C[C@]5(C(=O)NS(=O)(=O)C6(C)CC6)C[C@@H]5/C=C\CCCCC[C@H](NC(=O)N(C)C)C(=O)N4C3)cc(OC(C)C)nc2c1Br. The van der Waals surface area contributed by atoms with E-state index in [0.717, 1.165) is 19.3 Å². The number of ether oxygens (including phenoxy) is 3. The highest BCUT2D eigenvalue weighted by Crippen LogP contribution is 2.57. The minimum Gasteiger partial charge on any atom is -0.495 e. The quantitative estimate of drug-likeness (QED) is 0.317. The highest BCUT2D eigenvalue weighted by molar-refractivity contribution is 9.10. The Balaban J connectivity index is 1.35. The minimum absolute atomic E-state index is 0.0281. The number of hydrogen-bond acceptors (Lipinski definition) is 10. The maximum Gasteiger partial charge on any atom is 0.317 e. The number of nitrogens with zero attached hydrogens (tertiary/aromatic N) is 3. The number of benzene rings is 1. The summed E-state index contributed by atoms with van der Waals surface area (Å²) in [6.45, 7) is 5.40. The highest BCUT2D eigenvalue weighted by atomic mass is 79.9. The molecule has 1 aromatic carbocycles. The first kappa shape index (κ1) is 40.7. The Morgan fingerprint density at radius 2 is 1.85 bits per heavy atom. The highest BCUT2D eigenvalue weighted by Gasteiger charge is 2.62. The van der Waals surface area contributed by atoms with Gasteiger partial charge in [-0.3, -0.25) is 19.1 Å². The van der Waals surface area contributed by atoms with Gasteiger partial charge in [0.1, 0.15) is 23.6 Å². The standard InChI is InChI=1S/C39H52BrN5O9S/c1-23(2)53-32-19-31(26-14-15-30(52-6)33(40)34(26)42-32)54-25-18-28-29(46)21-39(36(48)43-55(50,51)38(3)16-17-38)20-24(39)12-10-8-7-9-11-13-27(35(47)45(28)22-25)41-37(49)44(4)5/h10,12,14-15,19,23-25,27-28H,7-9,11,13,16-18,20-22H2,1-6H3,(H,41,49)(H,43,48)/b12-10-/t24-,25+,27-,28-,39+/m0/s1. The van der Waals surface area contributed by atoms with Crippen LogP contribution < -0.4 is 24.2 Å². The summed E-state index contributed by atoms with van der Waals surface area (Å²) in [6, 6.07) is 2.94. The molecule has 0 radical (unpaired) electrons. The second-order valence-electron chi connectivity index (χ2n) is 16.0. The van der Waals surface area contributed by atoms with Crippen LogP contribution in [0.3, 0.4) is 0 Å². The molecule has 4 amide bonds. The second-order valence-corrected chi connectivity index (χ2v) is 19.0. The molecule has 14 nitrogen and oxygen atoms in total. The normalized spacial score (nSPS) is 27.2. The van der Waals surface area contributed by atoms with Crippen molar-refractivity contribution in [3.63, 3.8) is 0 Å². The number of sulfonamides is 1. The number of hydrogen-bond donors (Lipinski definition) is 2. The molecule has 3 heterocycles. The van der Waals surface area contributed by atoms with Gasteiger partial charge in [0.05, 0.1) is 46.0 Å². The molecule has 300 valence electrons.